The first-order valence-electron chi connectivity index (χ1n) is 4.96. The van der Waals surface area contributed by atoms with E-state index in [-0.39, 0.29) is 11.0 Å². The minimum absolute atomic E-state index is 0.00721. The summed E-state index contributed by atoms with van der Waals surface area (Å²) in [6.45, 7) is 2.04. The number of anilines is 1. The molecule has 0 unspecified atom stereocenters. The van der Waals surface area contributed by atoms with Crippen LogP contribution in [-0.2, 0) is 9.53 Å². The van der Waals surface area contributed by atoms with Gasteiger partial charge in [-0.2, -0.15) is 0 Å². The molecule has 0 aliphatic carbocycles. The van der Waals surface area contributed by atoms with Gasteiger partial charge in [0.25, 0.3) is 5.24 Å². The Hall–Kier alpha value is -1.20. The molecule has 0 spiro atoms. The predicted molar refractivity (Wildman–Crippen MR) is 69.6 cm³/mol. The summed E-state index contributed by atoms with van der Waals surface area (Å²) in [5.41, 5.74) is 0.635. The van der Waals surface area contributed by atoms with E-state index in [4.69, 9.17) is 16.3 Å². The summed E-state index contributed by atoms with van der Waals surface area (Å²) >= 11 is 6.57. The van der Waals surface area contributed by atoms with Crippen LogP contribution in [0.3, 0.4) is 0 Å². The van der Waals surface area contributed by atoms with Crippen molar-refractivity contribution in [3.8, 4) is 0 Å². The Bertz CT molecular complexity index is 394. The van der Waals surface area contributed by atoms with E-state index in [1.165, 1.54) is 0 Å². The van der Waals surface area contributed by atoms with E-state index < -0.39 is 5.97 Å². The number of hydrogen-bond donors (Lipinski definition) is 1. The molecular weight excluding hydrogens is 262 g/mol. The van der Waals surface area contributed by atoms with Crippen molar-refractivity contribution in [3.05, 3.63) is 29.3 Å². The normalized spacial score (nSPS) is 9.76. The number of nitrogens with one attached hydrogen (secondary N) is 1. The number of thioether (sulfide) groups is 1. The van der Waals surface area contributed by atoms with Gasteiger partial charge in [0.1, 0.15) is 5.75 Å². The van der Waals surface area contributed by atoms with Crippen LogP contribution in [0, 0.1) is 0 Å². The van der Waals surface area contributed by atoms with Crippen LogP contribution in [0.25, 0.3) is 0 Å². The third-order valence-corrected chi connectivity index (χ3v) is 2.71. The zero-order valence-corrected chi connectivity index (χ0v) is 10.8. The van der Waals surface area contributed by atoms with Crippen LogP contribution in [-0.4, -0.2) is 23.6 Å². The summed E-state index contributed by atoms with van der Waals surface area (Å²) in [5.74, 6) is -0.392. The average molecular weight is 274 g/mol. The summed E-state index contributed by atoms with van der Waals surface area (Å²) in [4.78, 5) is 22.4. The SMILES string of the molecule is CCOC(=O)CSC(=O)Nc1ccc(Cl)cc1. The molecule has 0 fully saturated rings. The molecule has 0 saturated heterocycles. The maximum Gasteiger partial charge on any atom is 0.316 e. The highest BCUT2D eigenvalue weighted by Gasteiger charge is 2.08. The maximum atomic E-state index is 11.4. The Morgan fingerprint density at radius 1 is 1.35 bits per heavy atom. The quantitative estimate of drug-likeness (QED) is 0.856. The Morgan fingerprint density at radius 3 is 2.59 bits per heavy atom. The monoisotopic (exact) mass is 273 g/mol. The van der Waals surface area contributed by atoms with Gasteiger partial charge >= 0.3 is 5.97 Å². The van der Waals surface area contributed by atoms with E-state index in [1.807, 2.05) is 0 Å². The topological polar surface area (TPSA) is 55.4 Å². The van der Waals surface area contributed by atoms with Crippen molar-refractivity contribution >= 4 is 40.3 Å². The van der Waals surface area contributed by atoms with Crippen molar-refractivity contribution in [2.24, 2.45) is 0 Å². The molecule has 0 aliphatic heterocycles. The lowest BCUT2D eigenvalue weighted by molar-refractivity contribution is -0.139. The first-order chi connectivity index (χ1) is 8.11. The van der Waals surface area contributed by atoms with Gasteiger partial charge < -0.3 is 10.1 Å². The standard InChI is InChI=1S/C11H12ClNO3S/c1-2-16-10(14)7-17-11(15)13-9-5-3-8(12)4-6-9/h3-6H,2,7H2,1H3,(H,13,15). The number of esters is 1. The Labute approximate surface area is 109 Å². The minimum atomic E-state index is -0.399. The molecule has 4 nitrogen and oxygen atoms in total. The van der Waals surface area contributed by atoms with E-state index in [0.717, 1.165) is 11.8 Å². The number of halogens is 1. The van der Waals surface area contributed by atoms with E-state index in [0.29, 0.717) is 17.3 Å². The smallest absolute Gasteiger partial charge is 0.316 e. The lowest BCUT2D eigenvalue weighted by atomic mass is 10.3. The Balaban J connectivity index is 2.34. The van der Waals surface area contributed by atoms with Crippen molar-refractivity contribution in [3.63, 3.8) is 0 Å². The second kappa shape index (κ2) is 7.19. The van der Waals surface area contributed by atoms with Crippen LogP contribution >= 0.6 is 23.4 Å². The van der Waals surface area contributed by atoms with Crippen molar-refractivity contribution in [1.29, 1.82) is 0 Å². The highest BCUT2D eigenvalue weighted by Crippen LogP contribution is 2.15. The zero-order valence-electron chi connectivity index (χ0n) is 9.23. The largest absolute Gasteiger partial charge is 0.465 e. The van der Waals surface area contributed by atoms with E-state index in [9.17, 15) is 9.59 Å². The number of benzene rings is 1. The third-order valence-electron chi connectivity index (χ3n) is 1.72. The van der Waals surface area contributed by atoms with Gasteiger partial charge in [0.15, 0.2) is 0 Å². The molecule has 0 aromatic heterocycles. The zero-order chi connectivity index (χ0) is 12.7. The molecule has 0 atom stereocenters. The molecule has 1 aromatic carbocycles. The second-order valence-electron chi connectivity index (χ2n) is 3.01. The van der Waals surface area contributed by atoms with Crippen LogP contribution in [0.2, 0.25) is 5.02 Å². The molecule has 92 valence electrons. The number of ether oxygens (including phenoxy) is 1. The van der Waals surface area contributed by atoms with Gasteiger partial charge in [-0.25, -0.2) is 0 Å². The summed E-state index contributed by atoms with van der Waals surface area (Å²) in [6.07, 6.45) is 0. The number of carbonyl (C=O) groups is 2. The molecule has 17 heavy (non-hydrogen) atoms. The van der Waals surface area contributed by atoms with Gasteiger partial charge in [-0.1, -0.05) is 23.4 Å². The number of hydrogen-bond acceptors (Lipinski definition) is 4. The number of carbonyl (C=O) groups excluding carboxylic acids is 2. The van der Waals surface area contributed by atoms with Gasteiger partial charge in [-0.05, 0) is 31.2 Å². The van der Waals surface area contributed by atoms with E-state index >= 15 is 0 Å². The second-order valence-corrected chi connectivity index (χ2v) is 4.40. The molecule has 0 heterocycles. The highest BCUT2D eigenvalue weighted by molar-refractivity contribution is 8.14. The lowest BCUT2D eigenvalue weighted by Gasteiger charge is -2.04. The Morgan fingerprint density at radius 2 is 2.00 bits per heavy atom. The fourth-order valence-electron chi connectivity index (χ4n) is 1.01. The van der Waals surface area contributed by atoms with E-state index in [2.05, 4.69) is 5.32 Å². The Kier molecular flexibility index (Phi) is 5.86. The predicted octanol–water partition coefficient (Wildman–Crippen LogP) is 3.17. The summed E-state index contributed by atoms with van der Waals surface area (Å²) < 4.78 is 4.70. The average Bonchev–Trinajstić information content (AvgIpc) is 2.30. The molecular formula is C11H12ClNO3S. The summed E-state index contributed by atoms with van der Waals surface area (Å²) in [5, 5.41) is 2.92. The maximum absolute atomic E-state index is 11.4. The van der Waals surface area contributed by atoms with Gasteiger partial charge in [0.2, 0.25) is 0 Å². The fourth-order valence-corrected chi connectivity index (χ4v) is 1.66. The summed E-state index contributed by atoms with van der Waals surface area (Å²) in [6, 6.07) is 6.72. The molecule has 1 rings (SSSR count). The molecule has 0 radical (unpaired) electrons. The summed E-state index contributed by atoms with van der Waals surface area (Å²) in [7, 11) is 0. The minimum Gasteiger partial charge on any atom is -0.465 e. The van der Waals surface area contributed by atoms with Crippen LogP contribution in [0.4, 0.5) is 10.5 Å². The van der Waals surface area contributed by atoms with Crippen molar-refractivity contribution < 1.29 is 14.3 Å². The van der Waals surface area contributed by atoms with Crippen molar-refractivity contribution in [1.82, 2.24) is 0 Å². The van der Waals surface area contributed by atoms with Crippen LogP contribution in [0.1, 0.15) is 6.92 Å². The molecule has 0 bridgehead atoms. The van der Waals surface area contributed by atoms with Crippen molar-refractivity contribution in [2.75, 3.05) is 17.7 Å². The van der Waals surface area contributed by atoms with E-state index in [1.54, 1.807) is 31.2 Å². The highest BCUT2D eigenvalue weighted by atomic mass is 35.5. The molecule has 6 heteroatoms. The number of rotatable bonds is 4. The fraction of sp³-hybridized carbons (Fsp3) is 0.273. The molecule has 0 aliphatic rings. The van der Waals surface area contributed by atoms with Gasteiger partial charge in [0.05, 0.1) is 6.61 Å². The lowest BCUT2D eigenvalue weighted by Crippen LogP contribution is -2.12. The van der Waals surface area contributed by atoms with Gasteiger partial charge in [0, 0.05) is 10.7 Å². The van der Waals surface area contributed by atoms with Gasteiger partial charge in [-0.15, -0.1) is 0 Å². The molecule has 1 amide bonds. The van der Waals surface area contributed by atoms with Crippen molar-refractivity contribution in [2.45, 2.75) is 6.92 Å². The van der Waals surface area contributed by atoms with Crippen LogP contribution < -0.4 is 5.32 Å². The molecule has 1 N–H and O–H groups in total. The number of amides is 1. The third kappa shape index (κ3) is 5.60. The van der Waals surface area contributed by atoms with Gasteiger partial charge in [-0.3, -0.25) is 9.59 Å². The first kappa shape index (κ1) is 13.9. The first-order valence-corrected chi connectivity index (χ1v) is 6.33. The van der Waals surface area contributed by atoms with Crippen LogP contribution in [0.5, 0.6) is 0 Å². The molecule has 0 saturated carbocycles. The molecule has 1 aromatic rings. The van der Waals surface area contributed by atoms with Crippen LogP contribution in [0.15, 0.2) is 24.3 Å².